The van der Waals surface area contributed by atoms with E-state index >= 15 is 0 Å². The van der Waals surface area contributed by atoms with E-state index in [1.165, 1.54) is 12.1 Å². The van der Waals surface area contributed by atoms with Crippen LogP contribution in [0.1, 0.15) is 42.1 Å². The third kappa shape index (κ3) is 6.83. The van der Waals surface area contributed by atoms with E-state index in [0.717, 1.165) is 10.9 Å². The van der Waals surface area contributed by atoms with Crippen molar-refractivity contribution in [1.82, 2.24) is 10.3 Å². The number of carbonyl (C=O) groups excluding carboxylic acids is 1. The summed E-state index contributed by atoms with van der Waals surface area (Å²) < 4.78 is 48.9. The van der Waals surface area contributed by atoms with Crippen molar-refractivity contribution in [3.63, 3.8) is 0 Å². The predicted octanol–water partition coefficient (Wildman–Crippen LogP) is 4.82. The lowest BCUT2D eigenvalue weighted by Crippen LogP contribution is -2.49. The maximum absolute atomic E-state index is 12.7. The van der Waals surface area contributed by atoms with Crippen molar-refractivity contribution in [2.24, 2.45) is 5.73 Å². The van der Waals surface area contributed by atoms with E-state index < -0.39 is 30.5 Å². The third-order valence-corrected chi connectivity index (χ3v) is 5.97. The van der Waals surface area contributed by atoms with Crippen LogP contribution in [0.15, 0.2) is 48.7 Å². The van der Waals surface area contributed by atoms with Crippen LogP contribution < -0.4 is 20.5 Å². The average Bonchev–Trinajstić information content (AvgIpc) is 3.29. The molecule has 196 valence electrons. The highest BCUT2D eigenvalue weighted by molar-refractivity contribution is 6.17. The van der Waals surface area contributed by atoms with E-state index in [-0.39, 0.29) is 24.0 Å². The number of aromatic nitrogens is 1. The standard InChI is InChI=1S/C25H29ClF3N3O4/c1-16(36-21-6-3-2-5-20(21)35-15-25(27,28)29)32-24(9-10-26,8-4-12-33)18-13-17-7-11-31-22(17)19(14-18)23(30)34/h2-3,5-7,11,13-14,16,31-33H,4,8-10,12,15H2,1H3,(H2,30,34)/t16-,24-/m1/s1. The van der Waals surface area contributed by atoms with E-state index in [2.05, 4.69) is 10.3 Å². The lowest BCUT2D eigenvalue weighted by Gasteiger charge is -2.38. The summed E-state index contributed by atoms with van der Waals surface area (Å²) in [6, 6.07) is 11.5. The molecule has 0 spiro atoms. The number of nitrogens with two attached hydrogens (primary N) is 1. The van der Waals surface area contributed by atoms with Gasteiger partial charge in [-0.1, -0.05) is 12.1 Å². The second-order valence-corrected chi connectivity index (χ2v) is 8.81. The summed E-state index contributed by atoms with van der Waals surface area (Å²) in [5, 5.41) is 13.7. The topological polar surface area (TPSA) is 110 Å². The van der Waals surface area contributed by atoms with E-state index in [1.54, 1.807) is 31.3 Å². The fourth-order valence-electron chi connectivity index (χ4n) is 4.26. The summed E-state index contributed by atoms with van der Waals surface area (Å²) in [6.45, 7) is 0.172. The number of amides is 1. The number of aromatic amines is 1. The molecule has 0 radical (unpaired) electrons. The molecule has 11 heteroatoms. The quantitative estimate of drug-likeness (QED) is 0.188. The molecule has 0 unspecified atom stereocenters. The molecule has 1 amide bonds. The van der Waals surface area contributed by atoms with Gasteiger partial charge in [0, 0.05) is 29.6 Å². The lowest BCUT2D eigenvalue weighted by atomic mass is 9.81. The van der Waals surface area contributed by atoms with Crippen LogP contribution in [0.25, 0.3) is 10.9 Å². The van der Waals surface area contributed by atoms with Crippen molar-refractivity contribution in [2.75, 3.05) is 19.1 Å². The number of halogens is 4. The summed E-state index contributed by atoms with van der Waals surface area (Å²) in [7, 11) is 0. The number of aliphatic hydroxyl groups excluding tert-OH is 1. The summed E-state index contributed by atoms with van der Waals surface area (Å²) >= 11 is 6.20. The number of para-hydroxylation sites is 2. The first-order valence-corrected chi connectivity index (χ1v) is 11.9. The van der Waals surface area contributed by atoms with Gasteiger partial charge in [-0.2, -0.15) is 13.2 Å². The van der Waals surface area contributed by atoms with Gasteiger partial charge < -0.3 is 25.3 Å². The van der Waals surface area contributed by atoms with Crippen LogP contribution in [0.5, 0.6) is 11.5 Å². The molecule has 0 aliphatic carbocycles. The number of carbonyl (C=O) groups is 1. The minimum Gasteiger partial charge on any atom is -0.480 e. The first-order valence-electron chi connectivity index (χ1n) is 11.4. The highest BCUT2D eigenvalue weighted by Gasteiger charge is 2.35. The van der Waals surface area contributed by atoms with Crippen molar-refractivity contribution >= 4 is 28.4 Å². The van der Waals surface area contributed by atoms with Gasteiger partial charge in [-0.05, 0) is 62.1 Å². The first kappa shape index (κ1) is 27.6. The molecule has 2 atom stereocenters. The fourth-order valence-corrected chi connectivity index (χ4v) is 4.58. The Labute approximate surface area is 211 Å². The van der Waals surface area contributed by atoms with Gasteiger partial charge in [-0.3, -0.25) is 10.1 Å². The summed E-state index contributed by atoms with van der Waals surface area (Å²) in [6.07, 6.45) is -2.26. The fraction of sp³-hybridized carbons (Fsp3) is 0.400. The van der Waals surface area contributed by atoms with Gasteiger partial charge in [0.25, 0.3) is 5.91 Å². The normalized spacial score (nSPS) is 14.4. The third-order valence-electron chi connectivity index (χ3n) is 5.78. The smallest absolute Gasteiger partial charge is 0.422 e. The number of aliphatic hydroxyl groups is 1. The van der Waals surface area contributed by atoms with Crippen molar-refractivity contribution < 1.29 is 32.5 Å². The molecule has 3 aromatic rings. The van der Waals surface area contributed by atoms with Gasteiger partial charge in [-0.15, -0.1) is 11.6 Å². The molecule has 36 heavy (non-hydrogen) atoms. The number of fused-ring (bicyclic) bond motifs is 1. The molecule has 0 aliphatic heterocycles. The first-order chi connectivity index (χ1) is 17.1. The summed E-state index contributed by atoms with van der Waals surface area (Å²) in [4.78, 5) is 15.2. The Bertz CT molecular complexity index is 1170. The Morgan fingerprint density at radius 2 is 1.92 bits per heavy atom. The van der Waals surface area contributed by atoms with Crippen LogP contribution in [-0.4, -0.2) is 47.5 Å². The molecule has 2 aromatic carbocycles. The molecule has 1 aromatic heterocycles. The van der Waals surface area contributed by atoms with Crippen molar-refractivity contribution in [2.45, 2.75) is 44.1 Å². The van der Waals surface area contributed by atoms with E-state index in [9.17, 15) is 23.1 Å². The lowest BCUT2D eigenvalue weighted by molar-refractivity contribution is -0.153. The van der Waals surface area contributed by atoms with Gasteiger partial charge in [0.15, 0.2) is 18.1 Å². The van der Waals surface area contributed by atoms with Crippen LogP contribution in [-0.2, 0) is 5.54 Å². The van der Waals surface area contributed by atoms with Gasteiger partial charge in [0.1, 0.15) is 6.23 Å². The number of H-pyrrole nitrogens is 1. The van der Waals surface area contributed by atoms with Crippen LogP contribution in [0.4, 0.5) is 13.2 Å². The Balaban J connectivity index is 1.96. The summed E-state index contributed by atoms with van der Waals surface area (Å²) in [5.41, 5.74) is 6.42. The molecular formula is C25H29ClF3N3O4. The Morgan fingerprint density at radius 1 is 1.19 bits per heavy atom. The number of benzene rings is 2. The van der Waals surface area contributed by atoms with E-state index in [4.69, 9.17) is 26.8 Å². The zero-order valence-electron chi connectivity index (χ0n) is 19.7. The molecule has 0 aliphatic rings. The number of hydrogen-bond donors (Lipinski definition) is 4. The largest absolute Gasteiger partial charge is 0.480 e. The number of rotatable bonds is 13. The minimum absolute atomic E-state index is 0.0495. The van der Waals surface area contributed by atoms with Gasteiger partial charge in [0.05, 0.1) is 11.1 Å². The second kappa shape index (κ2) is 11.9. The Hall–Kier alpha value is -2.95. The number of primary amides is 1. The Kier molecular flexibility index (Phi) is 9.10. The number of ether oxygens (including phenoxy) is 2. The molecule has 0 saturated carbocycles. The van der Waals surface area contributed by atoms with Crippen LogP contribution in [0.3, 0.4) is 0 Å². The van der Waals surface area contributed by atoms with Crippen LogP contribution in [0, 0.1) is 0 Å². The highest BCUT2D eigenvalue weighted by Crippen LogP contribution is 2.36. The second-order valence-electron chi connectivity index (χ2n) is 8.43. The summed E-state index contributed by atoms with van der Waals surface area (Å²) in [5.74, 6) is -0.284. The maximum atomic E-state index is 12.7. The molecule has 0 fully saturated rings. The van der Waals surface area contributed by atoms with Crippen LogP contribution in [0.2, 0.25) is 0 Å². The molecule has 3 rings (SSSR count). The molecule has 1 heterocycles. The number of hydrogen-bond acceptors (Lipinski definition) is 5. The maximum Gasteiger partial charge on any atom is 0.422 e. The van der Waals surface area contributed by atoms with Crippen molar-refractivity contribution in [3.05, 3.63) is 59.8 Å². The molecule has 5 N–H and O–H groups in total. The Morgan fingerprint density at radius 3 is 2.56 bits per heavy atom. The number of alkyl halides is 4. The average molecular weight is 528 g/mol. The van der Waals surface area contributed by atoms with E-state index in [1.807, 2.05) is 12.1 Å². The van der Waals surface area contributed by atoms with Gasteiger partial charge in [-0.25, -0.2) is 0 Å². The molecule has 0 saturated heterocycles. The van der Waals surface area contributed by atoms with Crippen LogP contribution >= 0.6 is 11.6 Å². The molecule has 7 nitrogen and oxygen atoms in total. The zero-order valence-corrected chi connectivity index (χ0v) is 20.5. The van der Waals surface area contributed by atoms with Gasteiger partial charge in [0.2, 0.25) is 0 Å². The van der Waals surface area contributed by atoms with Crippen molar-refractivity contribution in [1.29, 1.82) is 0 Å². The monoisotopic (exact) mass is 527 g/mol. The predicted molar refractivity (Wildman–Crippen MR) is 131 cm³/mol. The minimum atomic E-state index is -4.49. The highest BCUT2D eigenvalue weighted by atomic mass is 35.5. The molecular weight excluding hydrogens is 499 g/mol. The SMILES string of the molecule is C[C@H](N[C@@](CCCl)(CCCO)c1cc(C(N)=O)c2[nH]ccc2c1)Oc1ccccc1OCC(F)(F)F. The van der Waals surface area contributed by atoms with E-state index in [0.29, 0.717) is 30.3 Å². The molecule has 0 bridgehead atoms. The van der Waals surface area contributed by atoms with Gasteiger partial charge >= 0.3 is 6.18 Å². The number of nitrogens with one attached hydrogen (secondary N) is 2. The van der Waals surface area contributed by atoms with Crippen molar-refractivity contribution in [3.8, 4) is 11.5 Å². The zero-order chi connectivity index (χ0) is 26.3.